The summed E-state index contributed by atoms with van der Waals surface area (Å²) in [6, 6.07) is 4.58. The van der Waals surface area contributed by atoms with Crippen LogP contribution in [0.5, 0.6) is 11.5 Å². The van der Waals surface area contributed by atoms with E-state index in [-0.39, 0.29) is 6.10 Å². The van der Waals surface area contributed by atoms with Crippen LogP contribution < -0.4 is 15.2 Å². The van der Waals surface area contributed by atoms with Crippen LogP contribution in [0.1, 0.15) is 37.3 Å². The zero-order chi connectivity index (χ0) is 12.0. The molecule has 0 radical (unpaired) electrons. The maximum atomic E-state index is 5.94. The third-order valence-corrected chi connectivity index (χ3v) is 3.57. The second kappa shape index (κ2) is 3.91. The fourth-order valence-corrected chi connectivity index (χ4v) is 2.60. The van der Waals surface area contributed by atoms with E-state index < -0.39 is 0 Å². The van der Waals surface area contributed by atoms with E-state index in [9.17, 15) is 0 Å². The number of hydrogen-bond acceptors (Lipinski definition) is 3. The Balaban J connectivity index is 1.98. The Hall–Kier alpha value is -1.22. The van der Waals surface area contributed by atoms with Gasteiger partial charge in [0.2, 0.25) is 0 Å². The van der Waals surface area contributed by atoms with Crippen molar-refractivity contribution in [2.75, 3.05) is 6.61 Å². The molecule has 2 N–H and O–H groups in total. The van der Waals surface area contributed by atoms with E-state index in [1.807, 2.05) is 6.92 Å². The third kappa shape index (κ3) is 1.89. The fraction of sp³-hybridized carbons (Fsp3) is 0.571. The predicted molar refractivity (Wildman–Crippen MR) is 66.7 cm³/mol. The fourth-order valence-electron chi connectivity index (χ4n) is 2.60. The van der Waals surface area contributed by atoms with Gasteiger partial charge in [-0.3, -0.25) is 0 Å². The summed E-state index contributed by atoms with van der Waals surface area (Å²) in [6.07, 6.45) is 2.32. The average Bonchev–Trinajstić information content (AvgIpc) is 2.87. The molecule has 92 valence electrons. The van der Waals surface area contributed by atoms with Crippen LogP contribution in [0.2, 0.25) is 0 Å². The minimum absolute atomic E-state index is 0.280. The molecule has 0 unspecified atom stereocenters. The summed E-state index contributed by atoms with van der Waals surface area (Å²) in [5, 5.41) is 0. The molecule has 1 saturated carbocycles. The molecule has 0 saturated heterocycles. The number of benzene rings is 1. The minimum atomic E-state index is 0.280. The third-order valence-electron chi connectivity index (χ3n) is 3.57. The van der Waals surface area contributed by atoms with Crippen LogP contribution in [0.3, 0.4) is 0 Å². The lowest BCUT2D eigenvalue weighted by Gasteiger charge is -2.12. The smallest absolute Gasteiger partial charge is 0.123 e. The highest BCUT2D eigenvalue weighted by molar-refractivity contribution is 5.52. The van der Waals surface area contributed by atoms with Gasteiger partial charge in [-0.05, 0) is 32.4 Å². The molecule has 1 aromatic rings. The SMILES string of the molecule is CCOc1cc2c(cc1[C@H]1C[C@@H]1N)O[C@H](C)C2. The molecule has 0 amide bonds. The summed E-state index contributed by atoms with van der Waals surface area (Å²) >= 11 is 0. The van der Waals surface area contributed by atoms with Crippen molar-refractivity contribution in [3.63, 3.8) is 0 Å². The summed E-state index contributed by atoms with van der Waals surface area (Å²) in [5.74, 6) is 2.48. The Kier molecular flexibility index (Phi) is 2.51. The number of nitrogens with two attached hydrogens (primary N) is 1. The summed E-state index contributed by atoms with van der Waals surface area (Å²) in [4.78, 5) is 0. The first kappa shape index (κ1) is 10.9. The van der Waals surface area contributed by atoms with E-state index in [0.29, 0.717) is 18.6 Å². The van der Waals surface area contributed by atoms with Gasteiger partial charge in [-0.2, -0.15) is 0 Å². The molecule has 0 spiro atoms. The van der Waals surface area contributed by atoms with E-state index in [1.54, 1.807) is 0 Å². The molecule has 3 atom stereocenters. The molecule has 0 aromatic heterocycles. The Bertz CT molecular complexity index is 444. The molecule has 3 heteroatoms. The monoisotopic (exact) mass is 233 g/mol. The molecule has 1 aliphatic carbocycles. The van der Waals surface area contributed by atoms with Crippen LogP contribution in [0.25, 0.3) is 0 Å². The zero-order valence-electron chi connectivity index (χ0n) is 10.4. The number of fused-ring (bicyclic) bond motifs is 1. The first-order valence-electron chi connectivity index (χ1n) is 6.41. The van der Waals surface area contributed by atoms with Crippen molar-refractivity contribution >= 4 is 0 Å². The summed E-state index contributed by atoms with van der Waals surface area (Å²) in [5.41, 5.74) is 8.43. The van der Waals surface area contributed by atoms with Gasteiger partial charge in [-0.1, -0.05) is 0 Å². The Morgan fingerprint density at radius 3 is 2.88 bits per heavy atom. The van der Waals surface area contributed by atoms with Gasteiger partial charge in [0, 0.05) is 29.5 Å². The van der Waals surface area contributed by atoms with Crippen molar-refractivity contribution in [2.45, 2.75) is 44.8 Å². The molecule has 2 aliphatic rings. The van der Waals surface area contributed by atoms with Crippen LogP contribution >= 0.6 is 0 Å². The normalized spacial score (nSPS) is 29.7. The Labute approximate surface area is 102 Å². The second-order valence-electron chi connectivity index (χ2n) is 5.07. The van der Waals surface area contributed by atoms with Crippen LogP contribution in [0, 0.1) is 0 Å². The Morgan fingerprint density at radius 1 is 1.47 bits per heavy atom. The van der Waals surface area contributed by atoms with Crippen molar-refractivity contribution < 1.29 is 9.47 Å². The minimum Gasteiger partial charge on any atom is -0.494 e. The van der Waals surface area contributed by atoms with Crippen molar-refractivity contribution in [2.24, 2.45) is 5.73 Å². The van der Waals surface area contributed by atoms with E-state index in [1.165, 1.54) is 11.1 Å². The summed E-state index contributed by atoms with van der Waals surface area (Å²) in [6.45, 7) is 4.82. The lowest BCUT2D eigenvalue weighted by atomic mass is 10.0. The van der Waals surface area contributed by atoms with Gasteiger partial charge in [-0.25, -0.2) is 0 Å². The van der Waals surface area contributed by atoms with Gasteiger partial charge in [0.25, 0.3) is 0 Å². The van der Waals surface area contributed by atoms with E-state index >= 15 is 0 Å². The predicted octanol–water partition coefficient (Wildman–Crippen LogP) is 2.22. The highest BCUT2D eigenvalue weighted by atomic mass is 16.5. The van der Waals surface area contributed by atoms with Crippen molar-refractivity contribution in [1.29, 1.82) is 0 Å². The quantitative estimate of drug-likeness (QED) is 0.870. The van der Waals surface area contributed by atoms with Gasteiger partial charge in [0.05, 0.1) is 6.61 Å². The molecule has 17 heavy (non-hydrogen) atoms. The van der Waals surface area contributed by atoms with Gasteiger partial charge in [0.1, 0.15) is 17.6 Å². The number of hydrogen-bond donors (Lipinski definition) is 1. The molecule has 1 heterocycles. The molecular weight excluding hydrogens is 214 g/mol. The number of ether oxygens (including phenoxy) is 2. The lowest BCUT2D eigenvalue weighted by molar-refractivity contribution is 0.254. The van der Waals surface area contributed by atoms with Crippen LogP contribution in [0.15, 0.2) is 12.1 Å². The van der Waals surface area contributed by atoms with Crippen molar-refractivity contribution in [1.82, 2.24) is 0 Å². The molecule has 3 nitrogen and oxygen atoms in total. The highest BCUT2D eigenvalue weighted by Gasteiger charge is 2.38. The largest absolute Gasteiger partial charge is 0.494 e. The first-order valence-corrected chi connectivity index (χ1v) is 6.41. The molecule has 1 aromatic carbocycles. The van der Waals surface area contributed by atoms with Crippen LogP contribution in [-0.4, -0.2) is 18.8 Å². The first-order chi connectivity index (χ1) is 8.19. The molecule has 3 rings (SSSR count). The molecule has 1 aliphatic heterocycles. The van der Waals surface area contributed by atoms with Crippen molar-refractivity contribution in [3.05, 3.63) is 23.3 Å². The highest BCUT2D eigenvalue weighted by Crippen LogP contribution is 2.47. The van der Waals surface area contributed by atoms with Gasteiger partial charge in [-0.15, -0.1) is 0 Å². The molecular formula is C14H19NO2. The Morgan fingerprint density at radius 2 is 2.24 bits per heavy atom. The topological polar surface area (TPSA) is 44.5 Å². The van der Waals surface area contributed by atoms with Gasteiger partial charge in [0.15, 0.2) is 0 Å². The molecule has 1 fully saturated rings. The second-order valence-corrected chi connectivity index (χ2v) is 5.07. The zero-order valence-corrected chi connectivity index (χ0v) is 10.4. The van der Waals surface area contributed by atoms with Gasteiger partial charge >= 0.3 is 0 Å². The lowest BCUT2D eigenvalue weighted by Crippen LogP contribution is -2.05. The maximum Gasteiger partial charge on any atom is 0.123 e. The van der Waals surface area contributed by atoms with Gasteiger partial charge < -0.3 is 15.2 Å². The summed E-state index contributed by atoms with van der Waals surface area (Å²) in [7, 11) is 0. The van der Waals surface area contributed by atoms with E-state index in [4.69, 9.17) is 15.2 Å². The molecule has 0 bridgehead atoms. The van der Waals surface area contributed by atoms with E-state index in [2.05, 4.69) is 19.1 Å². The van der Waals surface area contributed by atoms with Crippen molar-refractivity contribution in [3.8, 4) is 11.5 Å². The summed E-state index contributed by atoms with van der Waals surface area (Å²) < 4.78 is 11.5. The van der Waals surface area contributed by atoms with E-state index in [0.717, 1.165) is 24.3 Å². The van der Waals surface area contributed by atoms with Crippen LogP contribution in [0.4, 0.5) is 0 Å². The number of rotatable bonds is 3. The standard InChI is InChI=1S/C14H19NO2/c1-3-16-14-5-9-4-8(2)17-13(9)7-11(14)10-6-12(10)15/h5,7-8,10,12H,3-4,6,15H2,1-2H3/t8-,10-,12+/m1/s1. The average molecular weight is 233 g/mol. The maximum absolute atomic E-state index is 5.94. The van der Waals surface area contributed by atoms with Crippen LogP contribution in [-0.2, 0) is 6.42 Å².